The summed E-state index contributed by atoms with van der Waals surface area (Å²) in [6.07, 6.45) is 3.81. The summed E-state index contributed by atoms with van der Waals surface area (Å²) in [6.45, 7) is 4.08. The zero-order chi connectivity index (χ0) is 17.9. The van der Waals surface area contributed by atoms with Gasteiger partial charge in [-0.25, -0.2) is 9.59 Å². The minimum Gasteiger partial charge on any atom is -0.443 e. The molecule has 1 rings (SSSR count). The monoisotopic (exact) mass is 336 g/mol. The quantitative estimate of drug-likeness (QED) is 0.503. The number of carbonyl (C=O) groups is 2. The lowest BCUT2D eigenvalue weighted by Crippen LogP contribution is -2.27. The highest BCUT2D eigenvalue weighted by molar-refractivity contribution is 5.93. The van der Waals surface area contributed by atoms with Crippen LogP contribution in [0.25, 0.3) is 0 Å². The van der Waals surface area contributed by atoms with Crippen LogP contribution in [-0.4, -0.2) is 24.4 Å². The van der Waals surface area contributed by atoms with Crippen LogP contribution < -0.4 is 11.5 Å². The van der Waals surface area contributed by atoms with Gasteiger partial charge in [0.15, 0.2) is 12.5 Å². The first-order chi connectivity index (χ1) is 11.5. The van der Waals surface area contributed by atoms with Gasteiger partial charge in [-0.3, -0.25) is 11.5 Å². The standard InChI is InChI=1S/C18H28N2O4/c1-3-5-7-15(19)23-17(21)13-9-11-14(12-10-13)18(22)24-16(20)8-6-4-2/h9-12,15-16H,3-8,19-20H2,1-2H3. The molecule has 0 heterocycles. The van der Waals surface area contributed by atoms with Crippen molar-refractivity contribution in [2.24, 2.45) is 11.5 Å². The first-order valence-electron chi connectivity index (χ1n) is 8.51. The van der Waals surface area contributed by atoms with E-state index in [4.69, 9.17) is 20.9 Å². The first-order valence-corrected chi connectivity index (χ1v) is 8.51. The number of unbranched alkanes of at least 4 members (excludes halogenated alkanes) is 2. The van der Waals surface area contributed by atoms with Crippen LogP contribution in [0.2, 0.25) is 0 Å². The second-order valence-electron chi connectivity index (χ2n) is 5.75. The average Bonchev–Trinajstić information content (AvgIpc) is 2.58. The van der Waals surface area contributed by atoms with Gasteiger partial charge in [0.25, 0.3) is 0 Å². The normalized spacial score (nSPS) is 13.2. The second-order valence-corrected chi connectivity index (χ2v) is 5.75. The van der Waals surface area contributed by atoms with Crippen LogP contribution in [0.1, 0.15) is 73.1 Å². The Labute approximate surface area is 143 Å². The predicted molar refractivity (Wildman–Crippen MR) is 92.3 cm³/mol. The number of hydrogen-bond donors (Lipinski definition) is 2. The molecular weight excluding hydrogens is 308 g/mol. The zero-order valence-corrected chi connectivity index (χ0v) is 14.5. The Morgan fingerprint density at radius 3 is 1.46 bits per heavy atom. The van der Waals surface area contributed by atoms with Crippen molar-refractivity contribution in [1.82, 2.24) is 0 Å². The van der Waals surface area contributed by atoms with Crippen molar-refractivity contribution in [2.75, 3.05) is 0 Å². The topological polar surface area (TPSA) is 105 Å². The summed E-state index contributed by atoms with van der Waals surface area (Å²) in [7, 11) is 0. The largest absolute Gasteiger partial charge is 0.443 e. The zero-order valence-electron chi connectivity index (χ0n) is 14.5. The van der Waals surface area contributed by atoms with E-state index in [0.717, 1.165) is 25.7 Å². The van der Waals surface area contributed by atoms with Crippen LogP contribution >= 0.6 is 0 Å². The first kappa shape index (κ1) is 20.1. The second kappa shape index (κ2) is 10.8. The van der Waals surface area contributed by atoms with Gasteiger partial charge in [-0.15, -0.1) is 0 Å². The van der Waals surface area contributed by atoms with E-state index >= 15 is 0 Å². The number of hydrogen-bond acceptors (Lipinski definition) is 6. The summed E-state index contributed by atoms with van der Waals surface area (Å²) in [6, 6.07) is 6.07. The fourth-order valence-electron chi connectivity index (χ4n) is 2.08. The highest BCUT2D eigenvalue weighted by Gasteiger charge is 2.15. The maximum atomic E-state index is 12.0. The maximum absolute atomic E-state index is 12.0. The highest BCUT2D eigenvalue weighted by atomic mass is 16.6. The Morgan fingerprint density at radius 1 is 0.833 bits per heavy atom. The van der Waals surface area contributed by atoms with E-state index in [1.54, 1.807) is 0 Å². The van der Waals surface area contributed by atoms with Gasteiger partial charge in [0, 0.05) is 0 Å². The van der Waals surface area contributed by atoms with Gasteiger partial charge in [-0.1, -0.05) is 26.7 Å². The summed E-state index contributed by atoms with van der Waals surface area (Å²) < 4.78 is 10.3. The summed E-state index contributed by atoms with van der Waals surface area (Å²) >= 11 is 0. The number of esters is 2. The van der Waals surface area contributed by atoms with Gasteiger partial charge in [-0.2, -0.15) is 0 Å². The molecule has 2 atom stereocenters. The van der Waals surface area contributed by atoms with Crippen LogP contribution in [0.4, 0.5) is 0 Å². The molecule has 6 nitrogen and oxygen atoms in total. The molecule has 0 aliphatic rings. The van der Waals surface area contributed by atoms with Gasteiger partial charge >= 0.3 is 11.9 Å². The van der Waals surface area contributed by atoms with E-state index in [0.29, 0.717) is 24.0 Å². The summed E-state index contributed by atoms with van der Waals surface area (Å²) in [5, 5.41) is 0. The molecule has 0 saturated heterocycles. The summed E-state index contributed by atoms with van der Waals surface area (Å²) in [5.74, 6) is -1.00. The Hall–Kier alpha value is -1.92. The minimum atomic E-state index is -0.612. The Morgan fingerprint density at radius 2 is 1.17 bits per heavy atom. The van der Waals surface area contributed by atoms with Gasteiger partial charge in [-0.05, 0) is 49.9 Å². The SMILES string of the molecule is CCCCC(N)OC(=O)c1ccc(C(=O)OC(N)CCCC)cc1. The third kappa shape index (κ3) is 7.10. The molecule has 0 spiro atoms. The molecule has 0 fully saturated rings. The molecule has 134 valence electrons. The van der Waals surface area contributed by atoms with Gasteiger partial charge in [0.1, 0.15) is 0 Å². The van der Waals surface area contributed by atoms with Crippen LogP contribution in [-0.2, 0) is 9.47 Å². The number of nitrogens with two attached hydrogens (primary N) is 2. The van der Waals surface area contributed by atoms with Crippen molar-refractivity contribution in [3.05, 3.63) is 35.4 Å². The van der Waals surface area contributed by atoms with E-state index in [1.807, 2.05) is 13.8 Å². The van der Waals surface area contributed by atoms with Crippen molar-refractivity contribution < 1.29 is 19.1 Å². The average molecular weight is 336 g/mol. The van der Waals surface area contributed by atoms with E-state index < -0.39 is 24.4 Å². The molecule has 0 aromatic heterocycles. The predicted octanol–water partition coefficient (Wildman–Crippen LogP) is 2.95. The lowest BCUT2D eigenvalue weighted by atomic mass is 10.1. The van der Waals surface area contributed by atoms with E-state index in [-0.39, 0.29) is 0 Å². The highest BCUT2D eigenvalue weighted by Crippen LogP contribution is 2.11. The molecule has 1 aromatic rings. The third-order valence-corrected chi connectivity index (χ3v) is 3.56. The molecule has 0 saturated carbocycles. The molecule has 0 amide bonds. The van der Waals surface area contributed by atoms with Gasteiger partial charge in [0.05, 0.1) is 11.1 Å². The van der Waals surface area contributed by atoms with Crippen molar-refractivity contribution in [3.8, 4) is 0 Å². The Bertz CT molecular complexity index is 469. The van der Waals surface area contributed by atoms with E-state index in [9.17, 15) is 9.59 Å². The summed E-state index contributed by atoms with van der Waals surface area (Å²) in [4.78, 5) is 23.9. The molecule has 4 N–H and O–H groups in total. The minimum absolute atomic E-state index is 0.341. The molecule has 24 heavy (non-hydrogen) atoms. The van der Waals surface area contributed by atoms with Crippen LogP contribution in [0.15, 0.2) is 24.3 Å². The van der Waals surface area contributed by atoms with Crippen LogP contribution in [0, 0.1) is 0 Å². The molecule has 0 bridgehead atoms. The maximum Gasteiger partial charge on any atom is 0.339 e. The number of rotatable bonds is 10. The van der Waals surface area contributed by atoms with Crippen molar-refractivity contribution in [2.45, 2.75) is 64.8 Å². The molecule has 1 aromatic carbocycles. The lowest BCUT2D eigenvalue weighted by Gasteiger charge is -2.14. The van der Waals surface area contributed by atoms with Crippen molar-refractivity contribution in [3.63, 3.8) is 0 Å². The smallest absolute Gasteiger partial charge is 0.339 e. The Balaban J connectivity index is 2.55. The van der Waals surface area contributed by atoms with Crippen molar-refractivity contribution in [1.29, 1.82) is 0 Å². The number of benzene rings is 1. The Kier molecular flexibility index (Phi) is 9.04. The molecule has 0 radical (unpaired) electrons. The fourth-order valence-corrected chi connectivity index (χ4v) is 2.08. The van der Waals surface area contributed by atoms with Gasteiger partial charge < -0.3 is 9.47 Å². The third-order valence-electron chi connectivity index (χ3n) is 3.56. The van der Waals surface area contributed by atoms with Crippen LogP contribution in [0.5, 0.6) is 0 Å². The van der Waals surface area contributed by atoms with E-state index in [2.05, 4.69) is 0 Å². The molecule has 0 aliphatic heterocycles. The molecule has 6 heteroatoms. The lowest BCUT2D eigenvalue weighted by molar-refractivity contribution is 0.0277. The summed E-state index contributed by atoms with van der Waals surface area (Å²) in [5.41, 5.74) is 12.2. The van der Waals surface area contributed by atoms with Crippen molar-refractivity contribution >= 4 is 11.9 Å². The molecular formula is C18H28N2O4. The number of ether oxygens (including phenoxy) is 2. The van der Waals surface area contributed by atoms with E-state index in [1.165, 1.54) is 24.3 Å². The fraction of sp³-hybridized carbons (Fsp3) is 0.556. The molecule has 0 aliphatic carbocycles. The van der Waals surface area contributed by atoms with Gasteiger partial charge in [0.2, 0.25) is 0 Å². The molecule has 2 unspecified atom stereocenters. The van der Waals surface area contributed by atoms with Crippen LogP contribution in [0.3, 0.4) is 0 Å². The number of carbonyl (C=O) groups excluding carboxylic acids is 2.